The highest BCUT2D eigenvalue weighted by Crippen LogP contribution is 2.42. The van der Waals surface area contributed by atoms with Crippen molar-refractivity contribution < 1.29 is 14.4 Å². The third kappa shape index (κ3) is 3.57. The molecule has 0 radical (unpaired) electrons. The normalized spacial score (nSPS) is 24.2. The van der Waals surface area contributed by atoms with Crippen LogP contribution in [0.5, 0.6) is 0 Å². The quantitative estimate of drug-likeness (QED) is 0.513. The number of carbonyl (C=O) groups excluding carboxylic acids is 3. The molecule has 1 N–H and O–H groups in total. The van der Waals surface area contributed by atoms with Crippen LogP contribution in [0.2, 0.25) is 0 Å². The van der Waals surface area contributed by atoms with Gasteiger partial charge in [0, 0.05) is 14.8 Å². The zero-order valence-corrected chi connectivity index (χ0v) is 17.7. The Kier molecular flexibility index (Phi) is 5.23. The van der Waals surface area contributed by atoms with E-state index in [9.17, 15) is 14.4 Å². The van der Waals surface area contributed by atoms with E-state index in [4.69, 9.17) is 0 Å². The van der Waals surface area contributed by atoms with E-state index in [0.717, 1.165) is 22.8 Å². The largest absolute Gasteiger partial charge is 0.322 e. The average Bonchev–Trinajstić information content (AvgIpc) is 2.93. The van der Waals surface area contributed by atoms with Crippen molar-refractivity contribution in [3.05, 3.63) is 57.7 Å². The molecule has 3 amide bonds. The number of rotatable bonds is 3. The summed E-state index contributed by atoms with van der Waals surface area (Å²) in [7, 11) is 0. The van der Waals surface area contributed by atoms with Crippen LogP contribution in [-0.2, 0) is 9.59 Å². The standard InChI is InChI=1S/C22H21IN2O3/c1-13-5-10-18-19(11-13)22(28)25(21(18)27)17-4-2-3-14(12-17)20(26)24-16-8-6-15(23)7-9-16/h2-4,6-9,12-13,18-19H,5,10-11H2,1H3,(H,24,26)/t13-,18-,19-/m1/s1. The molecular formula is C22H21IN2O3. The minimum Gasteiger partial charge on any atom is -0.322 e. The van der Waals surface area contributed by atoms with Gasteiger partial charge in [-0.25, -0.2) is 0 Å². The first kappa shape index (κ1) is 19.1. The number of fused-ring (bicyclic) bond motifs is 1. The van der Waals surface area contributed by atoms with Crippen LogP contribution in [0.3, 0.4) is 0 Å². The van der Waals surface area contributed by atoms with Crippen molar-refractivity contribution in [2.75, 3.05) is 10.2 Å². The Morgan fingerprint density at radius 2 is 1.75 bits per heavy atom. The first-order valence-corrected chi connectivity index (χ1v) is 10.6. The van der Waals surface area contributed by atoms with Crippen molar-refractivity contribution in [3.8, 4) is 0 Å². The molecule has 5 nitrogen and oxygen atoms in total. The van der Waals surface area contributed by atoms with Crippen LogP contribution in [0.25, 0.3) is 0 Å². The fraction of sp³-hybridized carbons (Fsp3) is 0.318. The topological polar surface area (TPSA) is 66.5 Å². The molecule has 0 spiro atoms. The number of nitrogens with one attached hydrogen (secondary N) is 1. The molecule has 1 saturated carbocycles. The van der Waals surface area contributed by atoms with Gasteiger partial charge in [0.2, 0.25) is 11.8 Å². The maximum Gasteiger partial charge on any atom is 0.255 e. The van der Waals surface area contributed by atoms with Gasteiger partial charge < -0.3 is 5.32 Å². The lowest BCUT2D eigenvalue weighted by molar-refractivity contribution is -0.122. The van der Waals surface area contributed by atoms with Crippen molar-refractivity contribution in [1.29, 1.82) is 0 Å². The zero-order valence-electron chi connectivity index (χ0n) is 15.5. The number of imide groups is 1. The molecule has 1 aliphatic carbocycles. The van der Waals surface area contributed by atoms with Gasteiger partial charge in [0.1, 0.15) is 0 Å². The number of amides is 3. The highest BCUT2D eigenvalue weighted by Gasteiger charge is 2.50. The number of halogens is 1. The van der Waals surface area contributed by atoms with Crippen LogP contribution < -0.4 is 10.2 Å². The van der Waals surface area contributed by atoms with Crippen LogP contribution in [0.1, 0.15) is 36.5 Å². The molecule has 2 aromatic carbocycles. The SMILES string of the molecule is C[C@@H]1CC[C@H]2C(=O)N(c3cccc(C(=O)Nc4ccc(I)cc4)c3)C(=O)[C@@H]2C1. The van der Waals surface area contributed by atoms with E-state index >= 15 is 0 Å². The van der Waals surface area contributed by atoms with Crippen LogP contribution in [0.4, 0.5) is 11.4 Å². The number of hydrogen-bond donors (Lipinski definition) is 1. The maximum absolute atomic E-state index is 12.9. The van der Waals surface area contributed by atoms with Crippen LogP contribution >= 0.6 is 22.6 Å². The second-order valence-corrected chi connectivity index (χ2v) is 8.90. The summed E-state index contributed by atoms with van der Waals surface area (Å²) in [4.78, 5) is 39.7. The van der Waals surface area contributed by atoms with Gasteiger partial charge in [0.05, 0.1) is 17.5 Å². The number of anilines is 2. The number of hydrogen-bond acceptors (Lipinski definition) is 3. The highest BCUT2D eigenvalue weighted by atomic mass is 127. The summed E-state index contributed by atoms with van der Waals surface area (Å²) in [5.41, 5.74) is 1.59. The van der Waals surface area contributed by atoms with Gasteiger partial charge in [0.15, 0.2) is 0 Å². The lowest BCUT2D eigenvalue weighted by Crippen LogP contribution is -2.31. The summed E-state index contributed by atoms with van der Waals surface area (Å²) < 4.78 is 1.08. The smallest absolute Gasteiger partial charge is 0.255 e. The summed E-state index contributed by atoms with van der Waals surface area (Å²) in [6.07, 6.45) is 2.51. The van der Waals surface area contributed by atoms with E-state index < -0.39 is 0 Å². The Balaban J connectivity index is 1.56. The molecule has 2 aromatic rings. The Morgan fingerprint density at radius 1 is 1.04 bits per heavy atom. The molecule has 0 aromatic heterocycles. The fourth-order valence-electron chi connectivity index (χ4n) is 4.17. The number of nitrogens with zero attached hydrogens (tertiary/aromatic N) is 1. The van der Waals surface area contributed by atoms with Gasteiger partial charge in [-0.3, -0.25) is 19.3 Å². The molecule has 1 aliphatic heterocycles. The molecule has 1 heterocycles. The van der Waals surface area contributed by atoms with Gasteiger partial charge in [-0.15, -0.1) is 0 Å². The van der Waals surface area contributed by atoms with Gasteiger partial charge >= 0.3 is 0 Å². The summed E-state index contributed by atoms with van der Waals surface area (Å²) in [6.45, 7) is 2.13. The van der Waals surface area contributed by atoms with Crippen molar-refractivity contribution in [1.82, 2.24) is 0 Å². The summed E-state index contributed by atoms with van der Waals surface area (Å²) >= 11 is 2.20. The lowest BCUT2D eigenvalue weighted by atomic mass is 9.76. The van der Waals surface area contributed by atoms with Gasteiger partial charge in [-0.2, -0.15) is 0 Å². The third-order valence-corrected chi connectivity index (χ3v) is 6.38. The summed E-state index contributed by atoms with van der Waals surface area (Å²) in [5.74, 6) is -0.500. The molecule has 144 valence electrons. The molecule has 4 rings (SSSR count). The summed E-state index contributed by atoms with van der Waals surface area (Å²) in [6, 6.07) is 14.2. The van der Waals surface area contributed by atoms with E-state index in [1.165, 1.54) is 4.90 Å². The molecule has 28 heavy (non-hydrogen) atoms. The minimum absolute atomic E-state index is 0.128. The van der Waals surface area contributed by atoms with Crippen molar-refractivity contribution in [2.24, 2.45) is 17.8 Å². The van der Waals surface area contributed by atoms with E-state index in [0.29, 0.717) is 22.9 Å². The van der Waals surface area contributed by atoms with Crippen molar-refractivity contribution in [3.63, 3.8) is 0 Å². The number of carbonyl (C=O) groups is 3. The predicted molar refractivity (Wildman–Crippen MR) is 116 cm³/mol. The Morgan fingerprint density at radius 3 is 2.50 bits per heavy atom. The lowest BCUT2D eigenvalue weighted by Gasteiger charge is -2.25. The Hall–Kier alpha value is -2.22. The fourth-order valence-corrected chi connectivity index (χ4v) is 4.53. The monoisotopic (exact) mass is 488 g/mol. The second-order valence-electron chi connectivity index (χ2n) is 7.65. The van der Waals surface area contributed by atoms with E-state index in [1.807, 2.05) is 24.3 Å². The van der Waals surface area contributed by atoms with Gasteiger partial charge in [-0.05, 0) is 90.2 Å². The highest BCUT2D eigenvalue weighted by molar-refractivity contribution is 14.1. The number of benzene rings is 2. The minimum atomic E-state index is -0.270. The molecule has 6 heteroatoms. The van der Waals surface area contributed by atoms with E-state index in [-0.39, 0.29) is 29.6 Å². The van der Waals surface area contributed by atoms with Crippen LogP contribution in [-0.4, -0.2) is 17.7 Å². The van der Waals surface area contributed by atoms with E-state index in [1.54, 1.807) is 24.3 Å². The molecule has 2 fully saturated rings. The van der Waals surface area contributed by atoms with E-state index in [2.05, 4.69) is 34.8 Å². The first-order valence-electron chi connectivity index (χ1n) is 9.49. The van der Waals surface area contributed by atoms with Crippen molar-refractivity contribution >= 4 is 51.7 Å². The molecular weight excluding hydrogens is 467 g/mol. The Bertz CT molecular complexity index is 941. The molecule has 2 aliphatic rings. The molecule has 3 atom stereocenters. The van der Waals surface area contributed by atoms with Crippen LogP contribution in [0.15, 0.2) is 48.5 Å². The third-order valence-electron chi connectivity index (χ3n) is 5.66. The van der Waals surface area contributed by atoms with Gasteiger partial charge in [-0.1, -0.05) is 13.0 Å². The van der Waals surface area contributed by atoms with Crippen molar-refractivity contribution in [2.45, 2.75) is 26.2 Å². The predicted octanol–water partition coefficient (Wildman–Crippen LogP) is 4.47. The van der Waals surface area contributed by atoms with Gasteiger partial charge in [0.25, 0.3) is 5.91 Å². The first-order chi connectivity index (χ1) is 13.4. The Labute approximate surface area is 177 Å². The molecule has 0 unspecified atom stereocenters. The molecule has 1 saturated heterocycles. The van der Waals surface area contributed by atoms with Crippen LogP contribution in [0, 0.1) is 21.3 Å². The average molecular weight is 488 g/mol. The zero-order chi connectivity index (χ0) is 19.8. The summed E-state index contributed by atoms with van der Waals surface area (Å²) in [5, 5.41) is 2.85. The molecule has 0 bridgehead atoms. The maximum atomic E-state index is 12.9. The second kappa shape index (κ2) is 7.66.